The van der Waals surface area contributed by atoms with E-state index in [2.05, 4.69) is 5.32 Å². The number of likely N-dealkylation sites (tertiary alicyclic amines) is 1. The summed E-state index contributed by atoms with van der Waals surface area (Å²) in [5, 5.41) is 13.1. The van der Waals surface area contributed by atoms with Crippen LogP contribution in [-0.2, 0) is 14.3 Å². The molecular weight excluding hydrogens is 374 g/mol. The molecule has 0 aromatic carbocycles. The highest BCUT2D eigenvalue weighted by atomic mass is 16.6. The van der Waals surface area contributed by atoms with E-state index in [9.17, 15) is 19.5 Å². The molecule has 2 aliphatic rings. The predicted molar refractivity (Wildman–Crippen MR) is 109 cm³/mol. The van der Waals surface area contributed by atoms with Crippen molar-refractivity contribution in [3.63, 3.8) is 0 Å². The average molecular weight is 412 g/mol. The normalized spacial score (nSPS) is 24.5. The van der Waals surface area contributed by atoms with Crippen LogP contribution in [0.25, 0.3) is 0 Å². The van der Waals surface area contributed by atoms with Crippen LogP contribution in [0.5, 0.6) is 0 Å². The number of hydrogen-bond acceptors (Lipinski definition) is 5. The van der Waals surface area contributed by atoms with Gasteiger partial charge in [0, 0.05) is 13.1 Å². The van der Waals surface area contributed by atoms with E-state index in [4.69, 9.17) is 10.5 Å². The van der Waals surface area contributed by atoms with Gasteiger partial charge in [-0.25, -0.2) is 4.79 Å². The van der Waals surface area contributed by atoms with Gasteiger partial charge in [-0.1, -0.05) is 6.42 Å². The van der Waals surface area contributed by atoms with Gasteiger partial charge < -0.3 is 20.9 Å². The highest BCUT2D eigenvalue weighted by Gasteiger charge is 2.50. The quantitative estimate of drug-likeness (QED) is 0.563. The van der Waals surface area contributed by atoms with E-state index in [1.54, 1.807) is 27.7 Å². The van der Waals surface area contributed by atoms with Gasteiger partial charge in [-0.15, -0.1) is 0 Å². The fourth-order valence-electron chi connectivity index (χ4n) is 4.16. The molecular formula is C21H37N3O5. The van der Waals surface area contributed by atoms with Crippen LogP contribution in [0.3, 0.4) is 0 Å². The van der Waals surface area contributed by atoms with E-state index in [1.165, 1.54) is 11.3 Å². The molecule has 1 saturated heterocycles. The molecule has 2 fully saturated rings. The topological polar surface area (TPSA) is 122 Å². The molecule has 0 spiro atoms. The highest BCUT2D eigenvalue weighted by Crippen LogP contribution is 2.36. The number of aliphatic hydroxyl groups is 1. The second-order valence-corrected chi connectivity index (χ2v) is 9.56. The fourth-order valence-corrected chi connectivity index (χ4v) is 4.16. The van der Waals surface area contributed by atoms with E-state index >= 15 is 0 Å². The van der Waals surface area contributed by atoms with Gasteiger partial charge in [0.05, 0.1) is 12.0 Å². The molecule has 1 aliphatic carbocycles. The van der Waals surface area contributed by atoms with Gasteiger partial charge in [0.25, 0.3) is 0 Å². The van der Waals surface area contributed by atoms with Crippen molar-refractivity contribution in [1.29, 1.82) is 0 Å². The number of carbonyl (C=O) groups excluding carboxylic acids is 3. The standard InChI is InChI=1S/C21H37N3O5/c1-14(25)16(17(26)23-13-15-7-5-8-15)9-11-21(18(22)27)10-6-12-24(21)19(28)29-20(2,3)4/h14-16,25H,5-13H2,1-4H3,(H2,22,27)(H,23,26)/t14-,16+,21?/m1/s1. The first-order chi connectivity index (χ1) is 13.5. The Morgan fingerprint density at radius 2 is 1.93 bits per heavy atom. The smallest absolute Gasteiger partial charge is 0.411 e. The first-order valence-corrected chi connectivity index (χ1v) is 10.7. The monoisotopic (exact) mass is 411 g/mol. The fraction of sp³-hybridized carbons (Fsp3) is 0.857. The van der Waals surface area contributed by atoms with E-state index in [-0.39, 0.29) is 18.7 Å². The molecule has 0 aromatic heterocycles. The molecule has 1 unspecified atom stereocenters. The molecule has 3 atom stereocenters. The van der Waals surface area contributed by atoms with Crippen LogP contribution in [-0.4, -0.2) is 58.2 Å². The van der Waals surface area contributed by atoms with Crippen LogP contribution < -0.4 is 11.1 Å². The van der Waals surface area contributed by atoms with Crippen molar-refractivity contribution in [3.05, 3.63) is 0 Å². The maximum atomic E-state index is 12.7. The van der Waals surface area contributed by atoms with Gasteiger partial charge >= 0.3 is 6.09 Å². The number of nitrogens with one attached hydrogen (secondary N) is 1. The van der Waals surface area contributed by atoms with Crippen LogP contribution in [0.4, 0.5) is 4.79 Å². The molecule has 166 valence electrons. The van der Waals surface area contributed by atoms with E-state index in [0.717, 1.165) is 12.8 Å². The number of hydrogen-bond donors (Lipinski definition) is 3. The molecule has 8 nitrogen and oxygen atoms in total. The Balaban J connectivity index is 2.07. The highest BCUT2D eigenvalue weighted by molar-refractivity contribution is 5.89. The summed E-state index contributed by atoms with van der Waals surface area (Å²) in [7, 11) is 0. The lowest BCUT2D eigenvalue weighted by molar-refractivity contribution is -0.132. The molecule has 2 rings (SSSR count). The molecule has 8 heteroatoms. The van der Waals surface area contributed by atoms with Crippen molar-refractivity contribution >= 4 is 17.9 Å². The Kier molecular flexibility index (Phi) is 7.54. The first kappa shape index (κ1) is 23.4. The average Bonchev–Trinajstić information content (AvgIpc) is 2.97. The summed E-state index contributed by atoms with van der Waals surface area (Å²) in [6.45, 7) is 7.87. The number of aliphatic hydroxyl groups excluding tert-OH is 1. The van der Waals surface area contributed by atoms with Crippen molar-refractivity contribution in [1.82, 2.24) is 10.2 Å². The molecule has 1 aliphatic heterocycles. The maximum Gasteiger partial charge on any atom is 0.411 e. The zero-order valence-corrected chi connectivity index (χ0v) is 18.2. The molecule has 4 N–H and O–H groups in total. The van der Waals surface area contributed by atoms with E-state index in [0.29, 0.717) is 31.8 Å². The SMILES string of the molecule is C[C@@H](O)[C@H](CCC1(C(N)=O)CCCN1C(=O)OC(C)(C)C)C(=O)NCC1CCC1. The third-order valence-electron chi connectivity index (χ3n) is 6.14. The summed E-state index contributed by atoms with van der Waals surface area (Å²) in [4.78, 5) is 39.1. The number of nitrogens with two attached hydrogens (primary N) is 1. The second kappa shape index (κ2) is 9.32. The van der Waals surface area contributed by atoms with Crippen LogP contribution in [0, 0.1) is 11.8 Å². The minimum atomic E-state index is -1.19. The predicted octanol–water partition coefficient (Wildman–Crippen LogP) is 1.93. The van der Waals surface area contributed by atoms with Gasteiger partial charge in [-0.05, 0) is 72.1 Å². The number of amides is 3. The van der Waals surface area contributed by atoms with Gasteiger partial charge in [0.15, 0.2) is 0 Å². The second-order valence-electron chi connectivity index (χ2n) is 9.56. The third-order valence-corrected chi connectivity index (χ3v) is 6.14. The molecule has 29 heavy (non-hydrogen) atoms. The molecule has 0 aromatic rings. The molecule has 0 radical (unpaired) electrons. The number of ether oxygens (including phenoxy) is 1. The molecule has 1 saturated carbocycles. The number of rotatable bonds is 8. The van der Waals surface area contributed by atoms with Gasteiger partial charge in [-0.3, -0.25) is 14.5 Å². The number of carbonyl (C=O) groups is 3. The summed E-state index contributed by atoms with van der Waals surface area (Å²) in [5.74, 6) is -0.955. The van der Waals surface area contributed by atoms with Gasteiger partial charge in [0.2, 0.25) is 11.8 Å². The minimum absolute atomic E-state index is 0.215. The Hall–Kier alpha value is -1.83. The minimum Gasteiger partial charge on any atom is -0.444 e. The van der Waals surface area contributed by atoms with Crippen molar-refractivity contribution in [2.75, 3.05) is 13.1 Å². The summed E-state index contributed by atoms with van der Waals surface area (Å²) < 4.78 is 5.46. The molecule has 3 amide bonds. The molecule has 0 bridgehead atoms. The van der Waals surface area contributed by atoms with Crippen molar-refractivity contribution in [2.45, 2.75) is 89.9 Å². The number of primary amides is 1. The van der Waals surface area contributed by atoms with Crippen LogP contribution in [0.2, 0.25) is 0 Å². The summed E-state index contributed by atoms with van der Waals surface area (Å²) in [6, 6.07) is 0. The van der Waals surface area contributed by atoms with Crippen LogP contribution in [0.15, 0.2) is 0 Å². The third kappa shape index (κ3) is 5.84. The van der Waals surface area contributed by atoms with Crippen molar-refractivity contribution in [2.24, 2.45) is 17.6 Å². The maximum absolute atomic E-state index is 12.7. The Morgan fingerprint density at radius 1 is 1.28 bits per heavy atom. The Labute approximate surface area is 173 Å². The van der Waals surface area contributed by atoms with Crippen molar-refractivity contribution in [3.8, 4) is 0 Å². The lowest BCUT2D eigenvalue weighted by Gasteiger charge is -2.37. The van der Waals surface area contributed by atoms with Crippen LogP contribution >= 0.6 is 0 Å². The lowest BCUT2D eigenvalue weighted by Crippen LogP contribution is -2.57. The number of nitrogens with zero attached hydrogens (tertiary/aromatic N) is 1. The summed E-state index contributed by atoms with van der Waals surface area (Å²) in [5.41, 5.74) is 3.86. The van der Waals surface area contributed by atoms with Gasteiger partial charge in [-0.2, -0.15) is 0 Å². The Morgan fingerprint density at radius 3 is 2.41 bits per heavy atom. The Bertz CT molecular complexity index is 612. The summed E-state index contributed by atoms with van der Waals surface area (Å²) in [6.07, 6.45) is 3.54. The van der Waals surface area contributed by atoms with Crippen molar-refractivity contribution < 1.29 is 24.2 Å². The molecule has 1 heterocycles. The summed E-state index contributed by atoms with van der Waals surface area (Å²) >= 11 is 0. The lowest BCUT2D eigenvalue weighted by atomic mass is 9.83. The first-order valence-electron chi connectivity index (χ1n) is 10.7. The zero-order chi connectivity index (χ0) is 21.8. The van der Waals surface area contributed by atoms with E-state index < -0.39 is 35.2 Å². The van der Waals surface area contributed by atoms with Crippen LogP contribution in [0.1, 0.15) is 72.6 Å². The largest absolute Gasteiger partial charge is 0.444 e. The van der Waals surface area contributed by atoms with Gasteiger partial charge in [0.1, 0.15) is 11.1 Å². The zero-order valence-electron chi connectivity index (χ0n) is 18.2. The van der Waals surface area contributed by atoms with E-state index in [1.807, 2.05) is 0 Å².